The lowest BCUT2D eigenvalue weighted by molar-refractivity contribution is 0.0597. The first-order valence-electron chi connectivity index (χ1n) is 5.92. The number of H-pyrrole nitrogens is 1. The van der Waals surface area contributed by atoms with Crippen LogP contribution >= 0.6 is 0 Å². The average molecular weight is 255 g/mol. The summed E-state index contributed by atoms with van der Waals surface area (Å²) in [4.78, 5) is 15.1. The number of nitrogens with one attached hydrogen (secondary N) is 1. The molecule has 1 N–H and O–H groups in total. The summed E-state index contributed by atoms with van der Waals surface area (Å²) < 4.78 is 10.2. The molecular formula is C15H13NO3. The molecule has 0 aliphatic rings. The van der Waals surface area contributed by atoms with Gasteiger partial charge in [-0.25, -0.2) is 4.79 Å². The molecule has 96 valence electrons. The van der Waals surface area contributed by atoms with Gasteiger partial charge >= 0.3 is 5.97 Å². The fourth-order valence-corrected chi connectivity index (χ4v) is 2.39. The van der Waals surface area contributed by atoms with E-state index in [1.54, 1.807) is 13.2 Å². The van der Waals surface area contributed by atoms with Crippen LogP contribution in [-0.4, -0.2) is 25.2 Å². The van der Waals surface area contributed by atoms with Crippen LogP contribution in [0, 0.1) is 0 Å². The van der Waals surface area contributed by atoms with Crippen molar-refractivity contribution in [2.75, 3.05) is 14.2 Å². The Bertz CT molecular complexity index is 774. The van der Waals surface area contributed by atoms with Crippen LogP contribution in [0.5, 0.6) is 5.75 Å². The summed E-state index contributed by atoms with van der Waals surface area (Å²) in [6.07, 6.45) is 0. The second-order valence-electron chi connectivity index (χ2n) is 4.23. The predicted molar refractivity (Wildman–Crippen MR) is 73.7 cm³/mol. The van der Waals surface area contributed by atoms with Crippen molar-refractivity contribution in [1.82, 2.24) is 4.98 Å². The topological polar surface area (TPSA) is 51.3 Å². The van der Waals surface area contributed by atoms with Crippen molar-refractivity contribution >= 4 is 27.8 Å². The molecule has 4 nitrogen and oxygen atoms in total. The van der Waals surface area contributed by atoms with Gasteiger partial charge < -0.3 is 14.5 Å². The molecule has 2 aromatic carbocycles. The molecule has 0 amide bonds. The fourth-order valence-electron chi connectivity index (χ4n) is 2.39. The third kappa shape index (κ3) is 1.64. The minimum Gasteiger partial charge on any atom is -0.495 e. The molecule has 0 atom stereocenters. The predicted octanol–water partition coefficient (Wildman–Crippen LogP) is 3.12. The van der Waals surface area contributed by atoms with Gasteiger partial charge in [0, 0.05) is 10.9 Å². The molecule has 0 unspecified atom stereocenters. The lowest BCUT2D eigenvalue weighted by Crippen LogP contribution is -2.04. The van der Waals surface area contributed by atoms with E-state index in [-0.39, 0.29) is 0 Å². The largest absolute Gasteiger partial charge is 0.495 e. The first-order valence-corrected chi connectivity index (χ1v) is 5.92. The zero-order chi connectivity index (χ0) is 13.4. The summed E-state index contributed by atoms with van der Waals surface area (Å²) in [6, 6.07) is 11.5. The zero-order valence-corrected chi connectivity index (χ0v) is 10.7. The van der Waals surface area contributed by atoms with E-state index in [1.807, 2.05) is 30.3 Å². The molecule has 0 aliphatic heterocycles. The van der Waals surface area contributed by atoms with E-state index >= 15 is 0 Å². The van der Waals surface area contributed by atoms with Crippen LogP contribution in [0.2, 0.25) is 0 Å². The van der Waals surface area contributed by atoms with Crippen LogP contribution in [-0.2, 0) is 4.74 Å². The van der Waals surface area contributed by atoms with Crippen molar-refractivity contribution in [3.8, 4) is 5.75 Å². The highest BCUT2D eigenvalue weighted by molar-refractivity contribution is 6.13. The van der Waals surface area contributed by atoms with E-state index in [2.05, 4.69) is 4.98 Å². The minimum atomic E-state index is -0.399. The fraction of sp³-hybridized carbons (Fsp3) is 0.133. The smallest absolute Gasteiger partial charge is 0.341 e. The third-order valence-electron chi connectivity index (χ3n) is 3.23. The summed E-state index contributed by atoms with van der Waals surface area (Å²) in [7, 11) is 2.92. The van der Waals surface area contributed by atoms with E-state index in [9.17, 15) is 4.79 Å². The quantitative estimate of drug-likeness (QED) is 0.716. The van der Waals surface area contributed by atoms with Crippen molar-refractivity contribution in [3.05, 3.63) is 42.0 Å². The normalized spacial score (nSPS) is 10.8. The van der Waals surface area contributed by atoms with Gasteiger partial charge in [-0.15, -0.1) is 0 Å². The van der Waals surface area contributed by atoms with Crippen LogP contribution in [0.3, 0.4) is 0 Å². The number of para-hydroxylation sites is 1. The Morgan fingerprint density at radius 2 is 1.84 bits per heavy atom. The molecule has 0 fully saturated rings. The number of carbonyl (C=O) groups is 1. The number of carbonyl (C=O) groups excluding carboxylic acids is 1. The van der Waals surface area contributed by atoms with Gasteiger partial charge in [-0.3, -0.25) is 0 Å². The number of ether oxygens (including phenoxy) is 2. The van der Waals surface area contributed by atoms with Crippen LogP contribution in [0.4, 0.5) is 0 Å². The highest BCUT2D eigenvalue weighted by Crippen LogP contribution is 2.35. The van der Waals surface area contributed by atoms with E-state index < -0.39 is 5.97 Å². The lowest BCUT2D eigenvalue weighted by atomic mass is 10.1. The number of fused-ring (bicyclic) bond motifs is 3. The Morgan fingerprint density at radius 1 is 1.05 bits per heavy atom. The van der Waals surface area contributed by atoms with Crippen LogP contribution in [0.15, 0.2) is 36.4 Å². The lowest BCUT2D eigenvalue weighted by Gasteiger charge is -2.08. The molecule has 0 bridgehead atoms. The Morgan fingerprint density at radius 3 is 2.58 bits per heavy atom. The van der Waals surface area contributed by atoms with E-state index in [0.29, 0.717) is 11.3 Å². The van der Waals surface area contributed by atoms with Gasteiger partial charge in [-0.1, -0.05) is 18.2 Å². The summed E-state index contributed by atoms with van der Waals surface area (Å²) in [5, 5.41) is 1.93. The SMILES string of the molecule is COC(=O)c1ccc2[nH]c3ccccc3c2c1OC. The van der Waals surface area contributed by atoms with E-state index in [0.717, 1.165) is 21.8 Å². The van der Waals surface area contributed by atoms with Gasteiger partial charge in [-0.2, -0.15) is 0 Å². The maximum Gasteiger partial charge on any atom is 0.341 e. The number of methoxy groups -OCH3 is 2. The summed E-state index contributed by atoms with van der Waals surface area (Å²) in [5.74, 6) is 0.144. The average Bonchev–Trinajstić information content (AvgIpc) is 2.84. The van der Waals surface area contributed by atoms with Gasteiger partial charge in [0.25, 0.3) is 0 Å². The zero-order valence-electron chi connectivity index (χ0n) is 10.7. The van der Waals surface area contributed by atoms with Gasteiger partial charge in [0.15, 0.2) is 0 Å². The molecule has 0 saturated carbocycles. The Kier molecular flexibility index (Phi) is 2.63. The van der Waals surface area contributed by atoms with Gasteiger partial charge in [0.2, 0.25) is 0 Å². The summed E-state index contributed by atoms with van der Waals surface area (Å²) >= 11 is 0. The second-order valence-corrected chi connectivity index (χ2v) is 4.23. The number of esters is 1. The second kappa shape index (κ2) is 4.31. The molecule has 0 radical (unpaired) electrons. The van der Waals surface area contributed by atoms with Crippen LogP contribution < -0.4 is 4.74 Å². The third-order valence-corrected chi connectivity index (χ3v) is 3.23. The highest BCUT2D eigenvalue weighted by Gasteiger charge is 2.18. The Balaban J connectivity index is 2.44. The maximum absolute atomic E-state index is 11.8. The molecule has 0 aliphatic carbocycles. The van der Waals surface area contributed by atoms with Crippen molar-refractivity contribution in [1.29, 1.82) is 0 Å². The molecule has 0 saturated heterocycles. The van der Waals surface area contributed by atoms with E-state index in [1.165, 1.54) is 7.11 Å². The number of aromatic nitrogens is 1. The Hall–Kier alpha value is -2.49. The molecule has 3 rings (SSSR count). The highest BCUT2D eigenvalue weighted by atomic mass is 16.5. The van der Waals surface area contributed by atoms with Crippen molar-refractivity contribution in [2.45, 2.75) is 0 Å². The molecule has 1 aromatic heterocycles. The monoisotopic (exact) mass is 255 g/mol. The van der Waals surface area contributed by atoms with Gasteiger partial charge in [0.1, 0.15) is 11.3 Å². The van der Waals surface area contributed by atoms with Crippen molar-refractivity contribution in [3.63, 3.8) is 0 Å². The van der Waals surface area contributed by atoms with E-state index in [4.69, 9.17) is 9.47 Å². The summed E-state index contributed by atoms with van der Waals surface area (Å²) in [6.45, 7) is 0. The summed E-state index contributed by atoms with van der Waals surface area (Å²) in [5.41, 5.74) is 2.38. The molecule has 19 heavy (non-hydrogen) atoms. The number of hydrogen-bond acceptors (Lipinski definition) is 3. The number of rotatable bonds is 2. The van der Waals surface area contributed by atoms with Gasteiger partial charge in [0.05, 0.1) is 25.1 Å². The molecule has 0 spiro atoms. The van der Waals surface area contributed by atoms with Crippen molar-refractivity contribution in [2.24, 2.45) is 0 Å². The number of benzene rings is 2. The molecule has 1 heterocycles. The molecule has 3 aromatic rings. The first-order chi connectivity index (χ1) is 9.26. The number of aromatic amines is 1. The minimum absolute atomic E-state index is 0.399. The van der Waals surface area contributed by atoms with Crippen molar-refractivity contribution < 1.29 is 14.3 Å². The van der Waals surface area contributed by atoms with Crippen LogP contribution in [0.25, 0.3) is 21.8 Å². The Labute approximate surface area is 109 Å². The molecule has 4 heteroatoms. The maximum atomic E-state index is 11.8. The van der Waals surface area contributed by atoms with Crippen LogP contribution in [0.1, 0.15) is 10.4 Å². The van der Waals surface area contributed by atoms with Gasteiger partial charge in [-0.05, 0) is 18.2 Å². The number of hydrogen-bond donors (Lipinski definition) is 1. The molecular weight excluding hydrogens is 242 g/mol. The first kappa shape index (κ1) is 11.6. The standard InChI is InChI=1S/C15H13NO3/c1-18-14-10(15(17)19-2)7-8-12-13(14)9-5-3-4-6-11(9)16-12/h3-8,16H,1-2H3.